The molecule has 6 spiro atoms. The molecular weight excluding hydrogens is 957 g/mol. The summed E-state index contributed by atoms with van der Waals surface area (Å²) in [5, 5.41) is 36.1. The highest BCUT2D eigenvalue weighted by molar-refractivity contribution is 5.65. The van der Waals surface area contributed by atoms with E-state index in [1.54, 1.807) is 0 Å². The van der Waals surface area contributed by atoms with Crippen molar-refractivity contribution in [1.29, 1.82) is 0 Å². The number of hydrogen-bond donors (Lipinski definition) is 3. The van der Waals surface area contributed by atoms with Gasteiger partial charge in [0.1, 0.15) is 53.8 Å². The zero-order valence-corrected chi connectivity index (χ0v) is 43.7. The minimum atomic E-state index is -0.908. The van der Waals surface area contributed by atoms with E-state index in [-0.39, 0.29) is 51.8 Å². The maximum Gasteiger partial charge on any atom is 0.165 e. The fraction of sp³-hybridized carbons (Fsp3) is 0.714. The van der Waals surface area contributed by atoms with Gasteiger partial charge in [-0.15, -0.1) is 0 Å². The zero-order valence-electron chi connectivity index (χ0n) is 43.7. The largest absolute Gasteiger partial charge is 0.504 e. The van der Waals surface area contributed by atoms with E-state index in [0.29, 0.717) is 53.1 Å². The molecule has 21 rings (SSSR count). The lowest BCUT2D eigenvalue weighted by molar-refractivity contribution is -0.249. The third-order valence-electron chi connectivity index (χ3n) is 26.2. The van der Waals surface area contributed by atoms with Crippen LogP contribution in [-0.4, -0.2) is 146 Å². The molecule has 6 saturated heterocycles. The van der Waals surface area contributed by atoms with Crippen molar-refractivity contribution in [3.8, 4) is 34.5 Å². The minimum Gasteiger partial charge on any atom is -0.504 e. The summed E-state index contributed by atoms with van der Waals surface area (Å²) in [5.41, 5.74) is 3.99. The highest BCUT2D eigenvalue weighted by Crippen LogP contribution is 2.77. The Balaban J connectivity index is 0.756. The number of rotatable bonds is 6. The van der Waals surface area contributed by atoms with Crippen molar-refractivity contribution in [2.24, 2.45) is 35.5 Å². The Bertz CT molecular complexity index is 2840. The number of benzene rings is 3. The van der Waals surface area contributed by atoms with Crippen molar-refractivity contribution >= 4 is 0 Å². The Morgan fingerprint density at radius 2 is 0.724 bits per heavy atom. The molecule has 3 aromatic carbocycles. The number of piperidine rings is 3. The highest BCUT2D eigenvalue weighted by atomic mass is 16.7. The van der Waals surface area contributed by atoms with Crippen molar-refractivity contribution in [3.63, 3.8) is 0 Å². The van der Waals surface area contributed by atoms with Crippen LogP contribution in [0.5, 0.6) is 34.5 Å². The second kappa shape index (κ2) is 13.5. The van der Waals surface area contributed by atoms with Crippen molar-refractivity contribution in [3.05, 3.63) is 69.8 Å². The summed E-state index contributed by atoms with van der Waals surface area (Å²) in [6.07, 6.45) is 16.6. The van der Waals surface area contributed by atoms with Gasteiger partial charge >= 0.3 is 0 Å². The van der Waals surface area contributed by atoms with Gasteiger partial charge in [-0.05, 0) is 206 Å². The average Bonchev–Trinajstić information content (AvgIpc) is 4.52. The summed E-state index contributed by atoms with van der Waals surface area (Å²) in [6.45, 7) is 6.61. The van der Waals surface area contributed by atoms with E-state index in [4.69, 9.17) is 28.4 Å². The van der Waals surface area contributed by atoms with Crippen LogP contribution in [0.1, 0.15) is 130 Å². The van der Waals surface area contributed by atoms with Gasteiger partial charge in [0.05, 0.1) is 0 Å². The fourth-order valence-corrected chi connectivity index (χ4v) is 23.1. The maximum atomic E-state index is 12.0. The van der Waals surface area contributed by atoms with Gasteiger partial charge in [-0.1, -0.05) is 18.2 Å². The molecule has 18 atom stereocenters. The Morgan fingerprint density at radius 3 is 1.03 bits per heavy atom. The summed E-state index contributed by atoms with van der Waals surface area (Å²) in [4.78, 5) is 11.2. The van der Waals surface area contributed by atoms with Crippen LogP contribution in [-0.2, 0) is 49.7 Å². The second-order valence-electron chi connectivity index (χ2n) is 29.0. The van der Waals surface area contributed by atoms with Crippen LogP contribution in [0, 0.1) is 35.5 Å². The summed E-state index contributed by atoms with van der Waals surface area (Å²) in [7, 11) is 0. The van der Waals surface area contributed by atoms with E-state index >= 15 is 0 Å². The van der Waals surface area contributed by atoms with Crippen LogP contribution < -0.4 is 14.2 Å². The molecule has 0 amide bonds. The standard InChI is InChI=1S/C63H72N4O9/c68-43-10-7-34-25-40-37-13-16-61(52-58(37,46(34)49(43)71-52)19-22-64(40)28-31-1-2-31)55-67-56(74-61)62(17-14-38-41-26-35-8-11-44(69)50-47(35)59(38,53(62)72-50)20-23-65(41)29-32-3-4-32)76-57(67)63(75-55)18-15-39-42-27-36-9-12-45(70)51-48(36)60(39,54(63)73-51)21-24-66(42)30-33-5-6-33/h7-12,31-33,37-42,52-57,68-70H,1-6,13-30H2/t37?,38?,39?,40-,41-,42-,52-,53-,54-,55-,56-,57-,58+,59+,60+,61?,62?,63?/m1/s1. The minimum absolute atomic E-state index is 0.241. The summed E-state index contributed by atoms with van der Waals surface area (Å²) >= 11 is 0. The SMILES string of the molecule is Oc1ccc2c3c1O[C@H]1C4(CCC5[C@@H](C2)N(CC2CC2)CC[C@@]351)O[C@H]1N2[C@@H]4OC3(CCC4[C@H]5Cc6ccc(O)c7c6[C@@]4(CCN5CC4CC4)[C@H]3O7)[C@H]2OC12CCC1[C@H]3Cc4ccc(O)c5c4[C@@]1(CCN3CC1CC1)[C@H]2O5. The van der Waals surface area contributed by atoms with Gasteiger partial charge in [0.15, 0.2) is 34.5 Å². The first-order valence-corrected chi connectivity index (χ1v) is 30.8. The Morgan fingerprint density at radius 1 is 0.408 bits per heavy atom. The molecule has 0 radical (unpaired) electrons. The van der Waals surface area contributed by atoms with E-state index in [9.17, 15) is 15.3 Å². The average molecular weight is 1030 g/mol. The number of likely N-dealkylation sites (tertiary alicyclic amines) is 3. The fourth-order valence-electron chi connectivity index (χ4n) is 23.1. The molecule has 76 heavy (non-hydrogen) atoms. The molecule has 13 nitrogen and oxygen atoms in total. The monoisotopic (exact) mass is 1030 g/mol. The topological polar surface area (TPSA) is 129 Å². The van der Waals surface area contributed by atoms with E-state index in [1.807, 2.05) is 18.2 Å². The van der Waals surface area contributed by atoms with Crippen molar-refractivity contribution in [2.45, 2.75) is 204 Å². The first kappa shape index (κ1) is 43.0. The lowest BCUT2D eigenvalue weighted by atomic mass is 9.48. The predicted molar refractivity (Wildman–Crippen MR) is 275 cm³/mol. The number of fused-ring (bicyclic) bond motifs is 6. The first-order chi connectivity index (χ1) is 37.2. The molecule has 9 heterocycles. The van der Waals surface area contributed by atoms with Gasteiger partial charge in [-0.25, -0.2) is 4.90 Å². The van der Waals surface area contributed by atoms with Gasteiger partial charge in [0.25, 0.3) is 0 Å². The van der Waals surface area contributed by atoms with Gasteiger partial charge in [-0.2, -0.15) is 0 Å². The molecule has 6 saturated carbocycles. The zero-order chi connectivity index (χ0) is 49.4. The summed E-state index contributed by atoms with van der Waals surface area (Å²) in [6, 6.07) is 13.6. The highest BCUT2D eigenvalue weighted by Gasteiger charge is 2.88. The van der Waals surface area contributed by atoms with E-state index in [1.165, 1.54) is 91.5 Å². The van der Waals surface area contributed by atoms with Crippen LogP contribution in [0.15, 0.2) is 36.4 Å². The van der Waals surface area contributed by atoms with E-state index in [0.717, 1.165) is 114 Å². The number of phenolic OH excluding ortho intramolecular Hbond substituents is 3. The lowest BCUT2D eigenvalue weighted by Crippen LogP contribution is -2.73. The maximum absolute atomic E-state index is 12.0. The molecule has 12 fully saturated rings. The van der Waals surface area contributed by atoms with Crippen LogP contribution >= 0.6 is 0 Å². The summed E-state index contributed by atoms with van der Waals surface area (Å²) in [5.74, 6) is 6.29. The van der Waals surface area contributed by atoms with Crippen LogP contribution in [0.3, 0.4) is 0 Å². The molecule has 18 aliphatic rings. The third-order valence-corrected chi connectivity index (χ3v) is 26.2. The van der Waals surface area contributed by atoms with Crippen LogP contribution in [0.4, 0.5) is 0 Å². The Hall–Kier alpha value is -3.82. The van der Waals surface area contributed by atoms with E-state index < -0.39 is 35.5 Å². The number of nitrogens with zero attached hydrogens (tertiary/aromatic N) is 4. The van der Waals surface area contributed by atoms with Crippen molar-refractivity contribution in [1.82, 2.24) is 19.6 Å². The normalized spacial score (nSPS) is 49.4. The van der Waals surface area contributed by atoms with Gasteiger partial charge in [-0.3, -0.25) is 14.7 Å². The number of phenols is 3. The Kier molecular flexibility index (Phi) is 7.64. The number of ether oxygens (including phenoxy) is 6. The molecule has 3 N–H and O–H groups in total. The number of aromatic hydroxyl groups is 3. The molecular formula is C63H72N4O9. The third kappa shape index (κ3) is 4.64. The van der Waals surface area contributed by atoms with Gasteiger partial charge < -0.3 is 43.7 Å². The predicted octanol–water partition coefficient (Wildman–Crippen LogP) is 7.14. The molecule has 3 aromatic rings. The molecule has 6 bridgehead atoms. The van der Waals surface area contributed by atoms with Crippen LogP contribution in [0.25, 0.3) is 0 Å². The second-order valence-corrected chi connectivity index (χ2v) is 29.0. The Labute approximate surface area is 444 Å². The molecule has 0 aromatic heterocycles. The van der Waals surface area contributed by atoms with Gasteiger partial charge in [0, 0.05) is 70.7 Å². The van der Waals surface area contributed by atoms with Crippen LogP contribution in [0.2, 0.25) is 0 Å². The molecule has 398 valence electrons. The van der Waals surface area contributed by atoms with Gasteiger partial charge in [0.2, 0.25) is 0 Å². The smallest absolute Gasteiger partial charge is 0.165 e. The number of hydrogen-bond acceptors (Lipinski definition) is 13. The quantitative estimate of drug-likeness (QED) is 0.232. The summed E-state index contributed by atoms with van der Waals surface area (Å²) < 4.78 is 48.2. The lowest BCUT2D eigenvalue weighted by Gasteiger charge is -2.63. The van der Waals surface area contributed by atoms with E-state index in [2.05, 4.69) is 37.8 Å². The molecule has 6 unspecified atom stereocenters. The first-order valence-electron chi connectivity index (χ1n) is 30.8. The van der Waals surface area contributed by atoms with Crippen molar-refractivity contribution in [2.75, 3.05) is 39.3 Å². The molecule has 9 aliphatic carbocycles. The molecule has 13 heteroatoms. The molecule has 9 aliphatic heterocycles. The van der Waals surface area contributed by atoms with Crippen molar-refractivity contribution < 1.29 is 43.7 Å².